The highest BCUT2D eigenvalue weighted by atomic mass is 35.5. The van der Waals surface area contributed by atoms with Crippen molar-refractivity contribution in [2.75, 3.05) is 11.9 Å². The molecule has 22 heavy (non-hydrogen) atoms. The molecule has 4 N–H and O–H groups in total. The van der Waals surface area contributed by atoms with Gasteiger partial charge in [0.1, 0.15) is 5.76 Å². The summed E-state index contributed by atoms with van der Waals surface area (Å²) in [6, 6.07) is 8.04. The molecule has 2 amide bonds. The van der Waals surface area contributed by atoms with E-state index >= 15 is 0 Å². The molecular formula is C15H16ClN3O3. The average Bonchev–Trinajstić information content (AvgIpc) is 3.00. The van der Waals surface area contributed by atoms with Crippen LogP contribution in [0.15, 0.2) is 41.0 Å². The molecular weight excluding hydrogens is 306 g/mol. The highest BCUT2D eigenvalue weighted by Gasteiger charge is 2.12. The monoisotopic (exact) mass is 321 g/mol. The number of rotatable bonds is 6. The number of anilines is 1. The summed E-state index contributed by atoms with van der Waals surface area (Å²) in [5.74, 6) is -0.153. The summed E-state index contributed by atoms with van der Waals surface area (Å²) in [6.45, 7) is 1.87. The fraction of sp³-hybridized carbons (Fsp3) is 0.200. The lowest BCUT2D eigenvalue weighted by Gasteiger charge is -2.13. The maximum atomic E-state index is 11.9. The second kappa shape index (κ2) is 7.00. The number of primary amides is 1. The summed E-state index contributed by atoms with van der Waals surface area (Å²) in [7, 11) is 0. The Kier molecular flexibility index (Phi) is 5.06. The summed E-state index contributed by atoms with van der Waals surface area (Å²) in [6.07, 6.45) is 1.55. The maximum absolute atomic E-state index is 11.9. The Hall–Kier alpha value is -2.47. The van der Waals surface area contributed by atoms with Crippen LogP contribution >= 0.6 is 11.6 Å². The average molecular weight is 322 g/mol. The lowest BCUT2D eigenvalue weighted by Crippen LogP contribution is -2.31. The summed E-state index contributed by atoms with van der Waals surface area (Å²) < 4.78 is 5.21. The van der Waals surface area contributed by atoms with Crippen molar-refractivity contribution in [2.45, 2.75) is 13.0 Å². The van der Waals surface area contributed by atoms with E-state index in [0.29, 0.717) is 11.4 Å². The van der Waals surface area contributed by atoms with E-state index in [4.69, 9.17) is 21.8 Å². The van der Waals surface area contributed by atoms with Crippen molar-refractivity contribution < 1.29 is 14.0 Å². The summed E-state index contributed by atoms with van der Waals surface area (Å²) >= 11 is 5.86. The molecule has 0 saturated heterocycles. The molecule has 0 aliphatic heterocycles. The number of carbonyl (C=O) groups is 2. The molecule has 2 rings (SSSR count). The third kappa shape index (κ3) is 4.02. The van der Waals surface area contributed by atoms with Crippen molar-refractivity contribution in [2.24, 2.45) is 5.73 Å². The number of halogens is 1. The zero-order valence-corrected chi connectivity index (χ0v) is 12.7. The van der Waals surface area contributed by atoms with Gasteiger partial charge in [-0.15, -0.1) is 0 Å². The summed E-state index contributed by atoms with van der Waals surface area (Å²) in [5.41, 5.74) is 6.01. The standard InChI is InChI=1S/C15H16ClN3O3/c1-9(13-3-2-6-22-13)19-14(20)8-18-10-4-5-12(16)11(7-10)15(17)21/h2-7,9,18H,8H2,1H3,(H2,17,21)(H,19,20)/t9-/m1/s1. The van der Waals surface area contributed by atoms with Gasteiger partial charge >= 0.3 is 0 Å². The van der Waals surface area contributed by atoms with Crippen molar-refractivity contribution in [3.63, 3.8) is 0 Å². The molecule has 1 heterocycles. The van der Waals surface area contributed by atoms with Gasteiger partial charge in [-0.25, -0.2) is 0 Å². The van der Waals surface area contributed by atoms with E-state index in [1.54, 1.807) is 30.5 Å². The number of hydrogen-bond acceptors (Lipinski definition) is 4. The first-order valence-corrected chi connectivity index (χ1v) is 7.01. The third-order valence-electron chi connectivity index (χ3n) is 3.03. The van der Waals surface area contributed by atoms with Crippen LogP contribution in [0.1, 0.15) is 29.1 Å². The molecule has 1 atom stereocenters. The second-order valence-corrected chi connectivity index (χ2v) is 5.12. The Morgan fingerprint density at radius 1 is 1.36 bits per heavy atom. The lowest BCUT2D eigenvalue weighted by molar-refractivity contribution is -0.120. The highest BCUT2D eigenvalue weighted by molar-refractivity contribution is 6.33. The maximum Gasteiger partial charge on any atom is 0.250 e. The number of carbonyl (C=O) groups excluding carboxylic acids is 2. The van der Waals surface area contributed by atoms with Gasteiger partial charge in [-0.05, 0) is 37.3 Å². The molecule has 0 aliphatic rings. The summed E-state index contributed by atoms with van der Waals surface area (Å²) in [4.78, 5) is 23.1. The first-order valence-electron chi connectivity index (χ1n) is 6.63. The van der Waals surface area contributed by atoms with Gasteiger partial charge in [0.25, 0.3) is 0 Å². The normalized spacial score (nSPS) is 11.7. The Morgan fingerprint density at radius 2 is 2.14 bits per heavy atom. The van der Waals surface area contributed by atoms with Crippen LogP contribution < -0.4 is 16.4 Å². The molecule has 0 bridgehead atoms. The van der Waals surface area contributed by atoms with Gasteiger partial charge < -0.3 is 20.8 Å². The molecule has 0 fully saturated rings. The third-order valence-corrected chi connectivity index (χ3v) is 3.36. The molecule has 0 aliphatic carbocycles. The van der Waals surface area contributed by atoms with E-state index in [9.17, 15) is 9.59 Å². The Morgan fingerprint density at radius 3 is 2.77 bits per heavy atom. The molecule has 116 valence electrons. The van der Waals surface area contributed by atoms with Crippen LogP contribution in [0, 0.1) is 0 Å². The quantitative estimate of drug-likeness (QED) is 0.760. The van der Waals surface area contributed by atoms with Gasteiger partial charge in [-0.2, -0.15) is 0 Å². The van der Waals surface area contributed by atoms with Crippen molar-refractivity contribution in [3.8, 4) is 0 Å². The van der Waals surface area contributed by atoms with Crippen LogP contribution in [0.3, 0.4) is 0 Å². The molecule has 1 aromatic heterocycles. The van der Waals surface area contributed by atoms with Gasteiger partial charge in [0.15, 0.2) is 0 Å². The number of nitrogens with one attached hydrogen (secondary N) is 2. The Labute approximate surface area is 132 Å². The Balaban J connectivity index is 1.91. The van der Waals surface area contributed by atoms with E-state index in [2.05, 4.69) is 10.6 Å². The van der Waals surface area contributed by atoms with E-state index in [1.807, 2.05) is 6.92 Å². The van der Waals surface area contributed by atoms with Crippen LogP contribution in [0.5, 0.6) is 0 Å². The zero-order chi connectivity index (χ0) is 16.1. The fourth-order valence-corrected chi connectivity index (χ4v) is 2.12. The van der Waals surface area contributed by atoms with E-state index in [1.165, 1.54) is 6.07 Å². The van der Waals surface area contributed by atoms with Crippen LogP contribution in [-0.2, 0) is 4.79 Å². The molecule has 1 aromatic carbocycles. The Bertz CT molecular complexity index is 671. The molecule has 6 nitrogen and oxygen atoms in total. The molecule has 7 heteroatoms. The van der Waals surface area contributed by atoms with Crippen molar-refractivity contribution in [1.82, 2.24) is 5.32 Å². The predicted octanol–water partition coefficient (Wildman–Crippen LogP) is 2.32. The van der Waals surface area contributed by atoms with E-state index in [0.717, 1.165) is 0 Å². The van der Waals surface area contributed by atoms with E-state index in [-0.39, 0.29) is 29.1 Å². The van der Waals surface area contributed by atoms with Crippen LogP contribution in [0.2, 0.25) is 5.02 Å². The topological polar surface area (TPSA) is 97.4 Å². The number of amides is 2. The number of benzene rings is 1. The van der Waals surface area contributed by atoms with Gasteiger partial charge in [0, 0.05) is 5.69 Å². The minimum atomic E-state index is -0.621. The minimum absolute atomic E-state index is 0.0465. The first-order chi connectivity index (χ1) is 10.5. The van der Waals surface area contributed by atoms with Crippen molar-refractivity contribution in [1.29, 1.82) is 0 Å². The molecule has 0 unspecified atom stereocenters. The smallest absolute Gasteiger partial charge is 0.250 e. The SMILES string of the molecule is C[C@@H](NC(=O)CNc1ccc(Cl)c(C(N)=O)c1)c1ccco1. The summed E-state index contributed by atoms with van der Waals surface area (Å²) in [5, 5.41) is 5.97. The van der Waals surface area contributed by atoms with Gasteiger partial charge in [0.05, 0.1) is 29.4 Å². The zero-order valence-electron chi connectivity index (χ0n) is 11.9. The van der Waals surface area contributed by atoms with Crippen LogP contribution in [-0.4, -0.2) is 18.4 Å². The second-order valence-electron chi connectivity index (χ2n) is 4.72. The fourth-order valence-electron chi connectivity index (χ4n) is 1.91. The first kappa shape index (κ1) is 15.9. The van der Waals surface area contributed by atoms with Crippen LogP contribution in [0.4, 0.5) is 5.69 Å². The lowest BCUT2D eigenvalue weighted by atomic mass is 10.2. The van der Waals surface area contributed by atoms with Crippen molar-refractivity contribution >= 4 is 29.1 Å². The minimum Gasteiger partial charge on any atom is -0.467 e. The largest absolute Gasteiger partial charge is 0.467 e. The molecule has 0 saturated carbocycles. The molecule has 2 aromatic rings. The highest BCUT2D eigenvalue weighted by Crippen LogP contribution is 2.20. The van der Waals surface area contributed by atoms with Gasteiger partial charge in [0.2, 0.25) is 11.8 Å². The number of hydrogen-bond donors (Lipinski definition) is 3. The van der Waals surface area contributed by atoms with Gasteiger partial charge in [-0.3, -0.25) is 9.59 Å². The van der Waals surface area contributed by atoms with Crippen LogP contribution in [0.25, 0.3) is 0 Å². The number of nitrogens with two attached hydrogens (primary N) is 1. The predicted molar refractivity (Wildman–Crippen MR) is 83.7 cm³/mol. The van der Waals surface area contributed by atoms with E-state index < -0.39 is 5.91 Å². The number of furan rings is 1. The van der Waals surface area contributed by atoms with Crippen molar-refractivity contribution in [3.05, 3.63) is 52.9 Å². The molecule has 0 spiro atoms. The van der Waals surface area contributed by atoms with Gasteiger partial charge in [-0.1, -0.05) is 11.6 Å². The molecule has 0 radical (unpaired) electrons.